The van der Waals surface area contributed by atoms with Crippen molar-refractivity contribution in [1.29, 1.82) is 0 Å². The summed E-state index contributed by atoms with van der Waals surface area (Å²) in [7, 11) is -5.78. The van der Waals surface area contributed by atoms with E-state index in [4.69, 9.17) is 17.9 Å². The summed E-state index contributed by atoms with van der Waals surface area (Å²) in [5, 5.41) is 12.9. The molecule has 0 radical (unpaired) electrons. The van der Waals surface area contributed by atoms with E-state index in [1.54, 1.807) is 19.1 Å². The third-order valence-electron chi connectivity index (χ3n) is 6.91. The minimum absolute atomic E-state index is 0.0297. The molecule has 0 saturated heterocycles. The summed E-state index contributed by atoms with van der Waals surface area (Å²) in [4.78, 5) is 0. The van der Waals surface area contributed by atoms with Crippen LogP contribution in [-0.2, 0) is 64.2 Å². The number of hydrogen-bond acceptors (Lipinski definition) is 10. The molecule has 0 saturated carbocycles. The lowest BCUT2D eigenvalue weighted by atomic mass is 10.0. The van der Waals surface area contributed by atoms with Crippen LogP contribution in [-0.4, -0.2) is 58.5 Å². The maximum Gasteiger partial charge on any atom is 0.333 e. The number of ether oxygens (including phenoxy) is 2. The smallest absolute Gasteiger partial charge is 0.333 e. The summed E-state index contributed by atoms with van der Waals surface area (Å²) in [6.07, 6.45) is 1.42. The van der Waals surface area contributed by atoms with Gasteiger partial charge in [-0.05, 0) is 62.8 Å². The standard InChI is InChI=1S/C27H37NO9S2/c1-6-25(38(30,31)37-28-24-12-11-20-9-7-8-10-23(20)24)27(2,3)39(32,33)36-14-13-19-15-21(17-34-4)26(29)22(16-19)18-35-5/h7-10,15-16,25,29H,6,11-14,17-18H2,1-5H3/b28-24+. The number of aromatic hydroxyl groups is 1. The number of rotatable bonds is 14. The molecule has 2 aromatic carbocycles. The lowest BCUT2D eigenvalue weighted by Gasteiger charge is -2.30. The molecule has 3 rings (SSSR count). The van der Waals surface area contributed by atoms with E-state index < -0.39 is 30.2 Å². The molecule has 1 N–H and O–H groups in total. The van der Waals surface area contributed by atoms with Crippen molar-refractivity contribution in [3.63, 3.8) is 0 Å². The number of phenols is 1. The zero-order chi connectivity index (χ0) is 28.8. The summed E-state index contributed by atoms with van der Waals surface area (Å²) in [5.74, 6) is 0.0535. The molecule has 0 spiro atoms. The maximum absolute atomic E-state index is 13.2. The first-order chi connectivity index (χ1) is 18.4. The van der Waals surface area contributed by atoms with Gasteiger partial charge in [0.15, 0.2) is 0 Å². The molecule has 1 atom stereocenters. The van der Waals surface area contributed by atoms with Crippen molar-refractivity contribution in [2.45, 2.75) is 69.7 Å². The molecule has 1 aliphatic carbocycles. The monoisotopic (exact) mass is 583 g/mol. The molecule has 10 nitrogen and oxygen atoms in total. The number of hydrogen-bond donors (Lipinski definition) is 1. The summed E-state index contributed by atoms with van der Waals surface area (Å²) < 4.78 is 71.6. The van der Waals surface area contributed by atoms with Gasteiger partial charge < -0.3 is 14.6 Å². The Morgan fingerprint density at radius 3 is 2.21 bits per heavy atom. The molecule has 1 aliphatic rings. The van der Waals surface area contributed by atoms with E-state index >= 15 is 0 Å². The molecule has 12 heteroatoms. The first kappa shape index (κ1) is 31.0. The molecular weight excluding hydrogens is 546 g/mol. The van der Waals surface area contributed by atoms with Crippen molar-refractivity contribution in [1.82, 2.24) is 0 Å². The van der Waals surface area contributed by atoms with Crippen molar-refractivity contribution in [3.8, 4) is 5.75 Å². The third-order valence-corrected chi connectivity index (χ3v) is 11.0. The van der Waals surface area contributed by atoms with Crippen LogP contribution in [0.25, 0.3) is 0 Å². The Morgan fingerprint density at radius 1 is 1.00 bits per heavy atom. The van der Waals surface area contributed by atoms with Crippen LogP contribution in [0.15, 0.2) is 41.6 Å². The minimum Gasteiger partial charge on any atom is -0.507 e. The largest absolute Gasteiger partial charge is 0.507 e. The maximum atomic E-state index is 13.2. The van der Waals surface area contributed by atoms with Gasteiger partial charge in [0.1, 0.15) is 15.7 Å². The summed E-state index contributed by atoms with van der Waals surface area (Å²) in [6.45, 7) is 4.29. The lowest BCUT2D eigenvalue weighted by Crippen LogP contribution is -2.49. The van der Waals surface area contributed by atoms with E-state index in [2.05, 4.69) is 5.16 Å². The van der Waals surface area contributed by atoms with Crippen molar-refractivity contribution in [3.05, 3.63) is 64.2 Å². The average molecular weight is 584 g/mol. The fraction of sp³-hybridized carbons (Fsp3) is 0.519. The molecule has 0 heterocycles. The number of nitrogens with zero attached hydrogens (tertiary/aromatic N) is 1. The molecule has 39 heavy (non-hydrogen) atoms. The lowest BCUT2D eigenvalue weighted by molar-refractivity contribution is 0.174. The predicted octanol–water partition coefficient (Wildman–Crippen LogP) is 3.83. The van der Waals surface area contributed by atoms with E-state index in [-0.39, 0.29) is 38.4 Å². The van der Waals surface area contributed by atoms with Crippen LogP contribution in [0.2, 0.25) is 0 Å². The first-order valence-electron chi connectivity index (χ1n) is 12.7. The molecule has 1 unspecified atom stereocenters. The molecule has 0 amide bonds. The predicted molar refractivity (Wildman–Crippen MR) is 148 cm³/mol. The Balaban J connectivity index is 1.74. The van der Waals surface area contributed by atoms with Crippen LogP contribution in [0.1, 0.15) is 61.4 Å². The van der Waals surface area contributed by atoms with Crippen LogP contribution in [0.5, 0.6) is 5.75 Å². The van der Waals surface area contributed by atoms with Gasteiger partial charge in [-0.3, -0.25) is 8.47 Å². The zero-order valence-corrected chi connectivity index (χ0v) is 24.6. The highest BCUT2D eigenvalue weighted by Gasteiger charge is 2.50. The highest BCUT2D eigenvalue weighted by molar-refractivity contribution is 7.92. The zero-order valence-electron chi connectivity index (χ0n) is 23.0. The van der Waals surface area contributed by atoms with E-state index in [1.807, 2.05) is 24.3 Å². The topological polar surface area (TPSA) is 138 Å². The number of aryl methyl sites for hydroxylation is 1. The van der Waals surface area contributed by atoms with Gasteiger partial charge in [0.05, 0.1) is 25.5 Å². The quantitative estimate of drug-likeness (QED) is 0.260. The van der Waals surface area contributed by atoms with Crippen LogP contribution in [0, 0.1) is 0 Å². The van der Waals surface area contributed by atoms with Crippen molar-refractivity contribution < 1.29 is 39.9 Å². The van der Waals surface area contributed by atoms with E-state index in [0.717, 1.165) is 17.5 Å². The van der Waals surface area contributed by atoms with Gasteiger partial charge in [0.25, 0.3) is 10.1 Å². The molecule has 0 fully saturated rings. The van der Waals surface area contributed by atoms with Gasteiger partial charge in [0, 0.05) is 30.9 Å². The molecule has 0 aromatic heterocycles. The summed E-state index contributed by atoms with van der Waals surface area (Å²) in [6, 6.07) is 10.9. The van der Waals surface area contributed by atoms with Crippen LogP contribution in [0.4, 0.5) is 0 Å². The van der Waals surface area contributed by atoms with E-state index in [1.165, 1.54) is 28.1 Å². The second kappa shape index (κ2) is 12.8. The van der Waals surface area contributed by atoms with Gasteiger partial charge in [-0.2, -0.15) is 16.8 Å². The van der Waals surface area contributed by atoms with E-state index in [9.17, 15) is 21.9 Å². The first-order valence-corrected chi connectivity index (χ1v) is 15.5. The van der Waals surface area contributed by atoms with Gasteiger partial charge in [-0.1, -0.05) is 36.3 Å². The van der Waals surface area contributed by atoms with E-state index in [0.29, 0.717) is 28.8 Å². The number of methoxy groups -OCH3 is 2. The van der Waals surface area contributed by atoms with Gasteiger partial charge >= 0.3 is 10.1 Å². The highest BCUT2D eigenvalue weighted by Crippen LogP contribution is 2.32. The van der Waals surface area contributed by atoms with Gasteiger partial charge in [-0.15, -0.1) is 0 Å². The third kappa shape index (κ3) is 6.98. The van der Waals surface area contributed by atoms with Crippen LogP contribution < -0.4 is 0 Å². The van der Waals surface area contributed by atoms with Crippen molar-refractivity contribution in [2.24, 2.45) is 5.16 Å². The highest BCUT2D eigenvalue weighted by atomic mass is 32.2. The Bertz CT molecular complexity index is 1370. The van der Waals surface area contributed by atoms with Crippen LogP contribution in [0.3, 0.4) is 0 Å². The Kier molecular flexibility index (Phi) is 10.2. The second-order valence-electron chi connectivity index (χ2n) is 9.92. The fourth-order valence-electron chi connectivity index (χ4n) is 4.78. The molecule has 2 aromatic rings. The summed E-state index contributed by atoms with van der Waals surface area (Å²) in [5.41, 5.74) is 4.16. The van der Waals surface area contributed by atoms with Crippen LogP contribution >= 0.6 is 0 Å². The fourth-order valence-corrected chi connectivity index (χ4v) is 7.99. The second-order valence-corrected chi connectivity index (χ2v) is 13.8. The van der Waals surface area contributed by atoms with Gasteiger partial charge in [0.2, 0.25) is 0 Å². The Morgan fingerprint density at radius 2 is 1.62 bits per heavy atom. The molecular formula is C27H37NO9S2. The van der Waals surface area contributed by atoms with Gasteiger partial charge in [-0.25, -0.2) is 0 Å². The van der Waals surface area contributed by atoms with Crippen molar-refractivity contribution >= 4 is 25.9 Å². The molecule has 216 valence electrons. The number of fused-ring (bicyclic) bond motifs is 1. The Labute approximate surface area is 231 Å². The average Bonchev–Trinajstić information content (AvgIpc) is 3.29. The Hall–Kier alpha value is -2.51. The minimum atomic E-state index is -4.41. The molecule has 0 bridgehead atoms. The SMILES string of the molecule is CCC(C(C)(C)S(=O)(=O)OCCc1cc(COC)c(O)c(COC)c1)S(=O)(=O)O/N=C1\CCc2ccccc21. The number of oxime groups is 1. The number of phenolic OH excluding ortho intramolecular Hbond substituents is 1. The number of benzene rings is 2. The van der Waals surface area contributed by atoms with Crippen molar-refractivity contribution in [2.75, 3.05) is 20.8 Å². The normalized spacial score (nSPS) is 15.9. The summed E-state index contributed by atoms with van der Waals surface area (Å²) >= 11 is 0. The molecule has 0 aliphatic heterocycles.